The first-order chi connectivity index (χ1) is 10.3. The Balaban J connectivity index is 1.85. The molecule has 7 nitrogen and oxygen atoms in total. The first kappa shape index (κ1) is 17.2. The molecule has 1 aliphatic rings. The molecule has 1 aromatic rings. The number of amides is 1. The van der Waals surface area contributed by atoms with Gasteiger partial charge in [0.15, 0.2) is 0 Å². The van der Waals surface area contributed by atoms with Crippen molar-refractivity contribution in [3.8, 4) is 0 Å². The minimum atomic E-state index is -3.16. The van der Waals surface area contributed by atoms with Crippen LogP contribution in [0.15, 0.2) is 6.20 Å². The second kappa shape index (κ2) is 6.97. The van der Waals surface area contributed by atoms with E-state index in [0.29, 0.717) is 36.6 Å². The highest BCUT2D eigenvalue weighted by Crippen LogP contribution is 2.20. The Morgan fingerprint density at radius 1 is 1.45 bits per heavy atom. The molecule has 0 radical (unpaired) electrons. The zero-order valence-corrected chi connectivity index (χ0v) is 14.3. The highest BCUT2D eigenvalue weighted by Gasteiger charge is 2.28. The Bertz CT molecular complexity index is 636. The molecule has 0 spiro atoms. The summed E-state index contributed by atoms with van der Waals surface area (Å²) in [6.45, 7) is 3.75. The molecule has 0 unspecified atom stereocenters. The van der Waals surface area contributed by atoms with E-state index in [9.17, 15) is 13.2 Å². The monoisotopic (exact) mass is 348 g/mol. The number of hydrogen-bond acceptors (Lipinski definition) is 4. The van der Waals surface area contributed by atoms with Gasteiger partial charge in [0.05, 0.1) is 17.8 Å². The molecular weight excluding hydrogens is 328 g/mol. The molecule has 1 saturated heterocycles. The number of rotatable bonds is 5. The van der Waals surface area contributed by atoms with Crippen LogP contribution in [-0.2, 0) is 27.9 Å². The van der Waals surface area contributed by atoms with Crippen molar-refractivity contribution in [2.75, 3.05) is 19.3 Å². The summed E-state index contributed by atoms with van der Waals surface area (Å²) in [5, 5.41) is 7.64. The molecule has 9 heteroatoms. The van der Waals surface area contributed by atoms with Crippen LogP contribution in [0.1, 0.15) is 25.5 Å². The molecule has 0 saturated carbocycles. The average molecular weight is 349 g/mol. The van der Waals surface area contributed by atoms with Gasteiger partial charge in [-0.15, -0.1) is 0 Å². The van der Waals surface area contributed by atoms with Gasteiger partial charge >= 0.3 is 0 Å². The molecular formula is C13H21ClN4O3S. The van der Waals surface area contributed by atoms with Gasteiger partial charge < -0.3 is 5.32 Å². The zero-order chi connectivity index (χ0) is 16.3. The van der Waals surface area contributed by atoms with Crippen molar-refractivity contribution in [3.63, 3.8) is 0 Å². The van der Waals surface area contributed by atoms with Crippen molar-refractivity contribution >= 4 is 27.5 Å². The van der Waals surface area contributed by atoms with E-state index in [4.69, 9.17) is 11.6 Å². The third kappa shape index (κ3) is 4.21. The van der Waals surface area contributed by atoms with Crippen LogP contribution in [0.5, 0.6) is 0 Å². The van der Waals surface area contributed by atoms with Crippen molar-refractivity contribution in [1.29, 1.82) is 0 Å². The van der Waals surface area contributed by atoms with Crippen LogP contribution in [0.25, 0.3) is 0 Å². The molecule has 1 amide bonds. The fraction of sp³-hybridized carbons (Fsp3) is 0.692. The fourth-order valence-electron chi connectivity index (χ4n) is 2.48. The van der Waals surface area contributed by atoms with Gasteiger partial charge in [0.1, 0.15) is 5.69 Å². The van der Waals surface area contributed by atoms with Crippen molar-refractivity contribution in [1.82, 2.24) is 19.4 Å². The number of hydrogen-bond donors (Lipinski definition) is 1. The van der Waals surface area contributed by atoms with Gasteiger partial charge in [0.2, 0.25) is 15.9 Å². The predicted molar refractivity (Wildman–Crippen MR) is 83.9 cm³/mol. The fourth-order valence-corrected chi connectivity index (χ4v) is 3.57. The lowest BCUT2D eigenvalue weighted by molar-refractivity contribution is -0.126. The predicted octanol–water partition coefficient (Wildman–Crippen LogP) is 0.844. The van der Waals surface area contributed by atoms with Crippen LogP contribution in [0.3, 0.4) is 0 Å². The number of aromatic nitrogens is 2. The van der Waals surface area contributed by atoms with Gasteiger partial charge in [-0.1, -0.05) is 11.6 Å². The number of halogens is 1. The summed E-state index contributed by atoms with van der Waals surface area (Å²) in [6.07, 6.45) is 4.00. The molecule has 2 rings (SSSR count). The van der Waals surface area contributed by atoms with Crippen LogP contribution >= 0.6 is 11.6 Å². The number of aryl methyl sites for hydroxylation is 1. The van der Waals surface area contributed by atoms with Gasteiger partial charge in [-0.05, 0) is 19.8 Å². The van der Waals surface area contributed by atoms with Gasteiger partial charge in [0, 0.05) is 31.7 Å². The molecule has 1 N–H and O–H groups in total. The highest BCUT2D eigenvalue weighted by molar-refractivity contribution is 7.88. The summed E-state index contributed by atoms with van der Waals surface area (Å²) in [6, 6.07) is 0. The van der Waals surface area contributed by atoms with Crippen molar-refractivity contribution in [2.24, 2.45) is 5.92 Å². The molecule has 124 valence electrons. The number of sulfonamides is 1. The van der Waals surface area contributed by atoms with E-state index in [1.165, 1.54) is 10.6 Å². The van der Waals surface area contributed by atoms with Crippen molar-refractivity contribution < 1.29 is 13.2 Å². The van der Waals surface area contributed by atoms with Crippen LogP contribution < -0.4 is 5.32 Å². The molecule has 0 atom stereocenters. The lowest BCUT2D eigenvalue weighted by atomic mass is 9.97. The second-order valence-electron chi connectivity index (χ2n) is 5.43. The van der Waals surface area contributed by atoms with Crippen LogP contribution in [0.2, 0.25) is 5.02 Å². The lowest BCUT2D eigenvalue weighted by Crippen LogP contribution is -2.42. The second-order valence-corrected chi connectivity index (χ2v) is 7.82. The maximum Gasteiger partial charge on any atom is 0.223 e. The standard InChI is InChI=1S/C13H21ClN4O3S/c1-3-17-9-11(14)12(16-17)8-15-13(19)10-4-6-18(7-5-10)22(2,20)21/h9-10H,3-8H2,1-2H3,(H,15,19). The zero-order valence-electron chi connectivity index (χ0n) is 12.7. The number of carbonyl (C=O) groups excluding carboxylic acids is 1. The molecule has 0 aromatic carbocycles. The summed E-state index contributed by atoms with van der Waals surface area (Å²) in [7, 11) is -3.16. The van der Waals surface area contributed by atoms with Crippen LogP contribution in [-0.4, -0.2) is 47.8 Å². The maximum atomic E-state index is 12.2. The van der Waals surface area contributed by atoms with Crippen LogP contribution in [0, 0.1) is 5.92 Å². The first-order valence-electron chi connectivity index (χ1n) is 7.26. The lowest BCUT2D eigenvalue weighted by Gasteiger charge is -2.29. The number of nitrogens with zero attached hydrogens (tertiary/aromatic N) is 3. The largest absolute Gasteiger partial charge is 0.350 e. The average Bonchev–Trinajstić information content (AvgIpc) is 2.84. The molecule has 1 aliphatic heterocycles. The van der Waals surface area contributed by atoms with E-state index in [1.807, 2.05) is 6.92 Å². The Labute approximate surface area is 135 Å². The smallest absolute Gasteiger partial charge is 0.223 e. The van der Waals surface area contributed by atoms with Crippen LogP contribution in [0.4, 0.5) is 0 Å². The Morgan fingerprint density at radius 3 is 2.59 bits per heavy atom. The highest BCUT2D eigenvalue weighted by atomic mass is 35.5. The molecule has 0 bridgehead atoms. The summed E-state index contributed by atoms with van der Waals surface area (Å²) in [5.74, 6) is -0.236. The SMILES string of the molecule is CCn1cc(Cl)c(CNC(=O)C2CCN(S(C)(=O)=O)CC2)n1. The van der Waals surface area contributed by atoms with E-state index in [2.05, 4.69) is 10.4 Å². The quantitative estimate of drug-likeness (QED) is 0.854. The van der Waals surface area contributed by atoms with E-state index in [-0.39, 0.29) is 18.4 Å². The third-order valence-electron chi connectivity index (χ3n) is 3.84. The van der Waals surface area contributed by atoms with Crippen molar-refractivity contribution in [2.45, 2.75) is 32.9 Å². The molecule has 2 heterocycles. The van der Waals surface area contributed by atoms with E-state index >= 15 is 0 Å². The first-order valence-corrected chi connectivity index (χ1v) is 9.48. The third-order valence-corrected chi connectivity index (χ3v) is 5.45. The van der Waals surface area contributed by atoms with E-state index < -0.39 is 10.0 Å². The normalized spacial score (nSPS) is 17.6. The summed E-state index contributed by atoms with van der Waals surface area (Å²) in [5.41, 5.74) is 0.644. The summed E-state index contributed by atoms with van der Waals surface area (Å²) < 4.78 is 26.0. The summed E-state index contributed by atoms with van der Waals surface area (Å²) >= 11 is 6.05. The molecule has 1 aromatic heterocycles. The minimum Gasteiger partial charge on any atom is -0.350 e. The Morgan fingerprint density at radius 2 is 2.09 bits per heavy atom. The van der Waals surface area contributed by atoms with Crippen molar-refractivity contribution in [3.05, 3.63) is 16.9 Å². The van der Waals surface area contributed by atoms with Gasteiger partial charge in [-0.3, -0.25) is 9.48 Å². The Kier molecular flexibility index (Phi) is 5.46. The van der Waals surface area contributed by atoms with Gasteiger partial charge in [-0.25, -0.2) is 12.7 Å². The van der Waals surface area contributed by atoms with E-state index in [0.717, 1.165) is 6.54 Å². The maximum absolute atomic E-state index is 12.2. The number of nitrogens with one attached hydrogen (secondary N) is 1. The van der Waals surface area contributed by atoms with Gasteiger partial charge in [-0.2, -0.15) is 5.10 Å². The topological polar surface area (TPSA) is 84.3 Å². The van der Waals surface area contributed by atoms with Gasteiger partial charge in [0.25, 0.3) is 0 Å². The Hall–Kier alpha value is -1.12. The molecule has 0 aliphatic carbocycles. The molecule has 22 heavy (non-hydrogen) atoms. The number of piperidine rings is 1. The number of carbonyl (C=O) groups is 1. The minimum absolute atomic E-state index is 0.0738. The van der Waals surface area contributed by atoms with E-state index in [1.54, 1.807) is 10.9 Å². The summed E-state index contributed by atoms with van der Waals surface area (Å²) in [4.78, 5) is 12.2. The molecule has 1 fully saturated rings.